The summed E-state index contributed by atoms with van der Waals surface area (Å²) < 4.78 is 32.6. The fraction of sp³-hybridized carbons (Fsp3) is 0.333. The molecule has 0 unspecified atom stereocenters. The fourth-order valence-electron chi connectivity index (χ4n) is 3.23. The summed E-state index contributed by atoms with van der Waals surface area (Å²) in [5, 5.41) is 5.56. The van der Waals surface area contributed by atoms with Gasteiger partial charge in [0.1, 0.15) is 0 Å². The largest absolute Gasteiger partial charge is 0.379 e. The standard InChI is InChI=1S/C21H23N3O5S/c25-20(15-5-6-15)22-16-7-9-17(10-8-16)23-21(26)18-3-1-2-4-19(18)30(27,28)24-11-13-29-14-12-24/h1-4,7-10,15H,5-6,11-14H2,(H,22,25)(H,23,26). The highest BCUT2D eigenvalue weighted by atomic mass is 32.2. The zero-order valence-electron chi connectivity index (χ0n) is 16.3. The van der Waals surface area contributed by atoms with Gasteiger partial charge in [-0.05, 0) is 49.2 Å². The van der Waals surface area contributed by atoms with Gasteiger partial charge in [-0.15, -0.1) is 0 Å². The molecular weight excluding hydrogens is 406 g/mol. The lowest BCUT2D eigenvalue weighted by Crippen LogP contribution is -2.41. The molecule has 2 aliphatic rings. The number of nitrogens with zero attached hydrogens (tertiary/aromatic N) is 1. The summed E-state index contributed by atoms with van der Waals surface area (Å²) in [4.78, 5) is 24.6. The number of ether oxygens (including phenoxy) is 1. The minimum absolute atomic E-state index is 0.00836. The molecule has 0 bridgehead atoms. The molecule has 4 rings (SSSR count). The Morgan fingerprint density at radius 2 is 1.50 bits per heavy atom. The van der Waals surface area contributed by atoms with Crippen molar-refractivity contribution in [3.63, 3.8) is 0 Å². The molecule has 8 nitrogen and oxygen atoms in total. The fourth-order valence-corrected chi connectivity index (χ4v) is 4.83. The molecule has 2 aromatic carbocycles. The van der Waals surface area contributed by atoms with E-state index in [0.717, 1.165) is 12.8 Å². The summed E-state index contributed by atoms with van der Waals surface area (Å²) in [5.41, 5.74) is 1.23. The third-order valence-electron chi connectivity index (χ3n) is 5.08. The maximum Gasteiger partial charge on any atom is 0.257 e. The molecule has 30 heavy (non-hydrogen) atoms. The van der Waals surface area contributed by atoms with Gasteiger partial charge >= 0.3 is 0 Å². The monoisotopic (exact) mass is 429 g/mol. The second-order valence-corrected chi connectivity index (χ2v) is 9.21. The lowest BCUT2D eigenvalue weighted by molar-refractivity contribution is -0.117. The molecule has 2 fully saturated rings. The quantitative estimate of drug-likeness (QED) is 0.733. The van der Waals surface area contributed by atoms with Crippen LogP contribution in [0, 0.1) is 5.92 Å². The summed E-state index contributed by atoms with van der Waals surface area (Å²) in [6.07, 6.45) is 1.85. The molecule has 0 atom stereocenters. The number of benzene rings is 2. The first kappa shape index (κ1) is 20.5. The third kappa shape index (κ3) is 4.53. The highest BCUT2D eigenvalue weighted by Gasteiger charge is 2.30. The molecule has 9 heteroatoms. The van der Waals surface area contributed by atoms with Crippen molar-refractivity contribution in [2.75, 3.05) is 36.9 Å². The number of nitrogens with one attached hydrogen (secondary N) is 2. The average molecular weight is 429 g/mol. The van der Waals surface area contributed by atoms with Gasteiger partial charge in [-0.25, -0.2) is 8.42 Å². The van der Waals surface area contributed by atoms with E-state index >= 15 is 0 Å². The smallest absolute Gasteiger partial charge is 0.257 e. The predicted octanol–water partition coefficient (Wildman–Crippen LogP) is 2.31. The number of carbonyl (C=O) groups excluding carboxylic acids is 2. The van der Waals surface area contributed by atoms with Crippen molar-refractivity contribution in [3.05, 3.63) is 54.1 Å². The van der Waals surface area contributed by atoms with E-state index in [4.69, 9.17) is 4.74 Å². The number of sulfonamides is 1. The highest BCUT2D eigenvalue weighted by molar-refractivity contribution is 7.89. The van der Waals surface area contributed by atoms with Crippen LogP contribution in [-0.2, 0) is 19.6 Å². The van der Waals surface area contributed by atoms with Crippen LogP contribution in [0.3, 0.4) is 0 Å². The number of rotatable bonds is 6. The minimum atomic E-state index is -3.81. The van der Waals surface area contributed by atoms with E-state index < -0.39 is 15.9 Å². The van der Waals surface area contributed by atoms with Gasteiger partial charge in [0, 0.05) is 30.4 Å². The molecule has 2 amide bonds. The molecule has 1 saturated carbocycles. The van der Waals surface area contributed by atoms with Crippen molar-refractivity contribution in [3.8, 4) is 0 Å². The Hall–Kier alpha value is -2.75. The first-order valence-corrected chi connectivity index (χ1v) is 11.3. The Labute approximate surface area is 175 Å². The summed E-state index contributed by atoms with van der Waals surface area (Å²) in [7, 11) is -3.81. The van der Waals surface area contributed by atoms with Crippen LogP contribution in [0.5, 0.6) is 0 Å². The Morgan fingerprint density at radius 1 is 0.900 bits per heavy atom. The zero-order valence-corrected chi connectivity index (χ0v) is 17.2. The van der Waals surface area contributed by atoms with Crippen LogP contribution in [0.2, 0.25) is 0 Å². The average Bonchev–Trinajstić information content (AvgIpc) is 3.61. The normalized spacial score (nSPS) is 17.3. The van der Waals surface area contributed by atoms with Crippen LogP contribution in [0.1, 0.15) is 23.2 Å². The Balaban J connectivity index is 1.49. The lowest BCUT2D eigenvalue weighted by Gasteiger charge is -2.26. The molecule has 0 aromatic heterocycles. The van der Waals surface area contributed by atoms with Crippen LogP contribution in [0.25, 0.3) is 0 Å². The number of amides is 2. The molecular formula is C21H23N3O5S. The van der Waals surface area contributed by atoms with Gasteiger partial charge in [-0.1, -0.05) is 12.1 Å². The van der Waals surface area contributed by atoms with Crippen LogP contribution < -0.4 is 10.6 Å². The van der Waals surface area contributed by atoms with E-state index in [1.54, 1.807) is 36.4 Å². The number of hydrogen-bond acceptors (Lipinski definition) is 5. The Morgan fingerprint density at radius 3 is 2.13 bits per heavy atom. The van der Waals surface area contributed by atoms with Crippen molar-refractivity contribution in [1.29, 1.82) is 0 Å². The van der Waals surface area contributed by atoms with Gasteiger partial charge in [0.15, 0.2) is 0 Å². The number of morpholine rings is 1. The molecule has 0 spiro atoms. The van der Waals surface area contributed by atoms with E-state index in [1.807, 2.05) is 0 Å². The van der Waals surface area contributed by atoms with E-state index in [1.165, 1.54) is 16.4 Å². The van der Waals surface area contributed by atoms with Crippen LogP contribution in [0.15, 0.2) is 53.4 Å². The van der Waals surface area contributed by atoms with E-state index in [-0.39, 0.29) is 35.4 Å². The van der Waals surface area contributed by atoms with Crippen molar-refractivity contribution in [1.82, 2.24) is 4.31 Å². The SMILES string of the molecule is O=C(Nc1ccc(NC(=O)C2CC2)cc1)c1ccccc1S(=O)(=O)N1CCOCC1. The minimum Gasteiger partial charge on any atom is -0.379 e. The number of anilines is 2. The molecule has 1 aliphatic heterocycles. The Kier molecular flexibility index (Phi) is 5.85. The summed E-state index contributed by atoms with van der Waals surface area (Å²) >= 11 is 0. The maximum atomic E-state index is 13.0. The summed E-state index contributed by atoms with van der Waals surface area (Å²) in [6.45, 7) is 1.17. The number of hydrogen-bond donors (Lipinski definition) is 2. The number of carbonyl (C=O) groups is 2. The predicted molar refractivity (Wildman–Crippen MR) is 112 cm³/mol. The maximum absolute atomic E-state index is 13.0. The van der Waals surface area contributed by atoms with Crippen molar-refractivity contribution >= 4 is 33.2 Å². The summed E-state index contributed by atoms with van der Waals surface area (Å²) in [5.74, 6) is -0.402. The molecule has 2 N–H and O–H groups in total. The molecule has 1 heterocycles. The first-order valence-electron chi connectivity index (χ1n) is 9.84. The topological polar surface area (TPSA) is 105 Å². The zero-order chi connectivity index (χ0) is 21.1. The third-order valence-corrected chi connectivity index (χ3v) is 7.03. The second-order valence-electron chi connectivity index (χ2n) is 7.31. The molecule has 0 radical (unpaired) electrons. The van der Waals surface area contributed by atoms with E-state index in [2.05, 4.69) is 10.6 Å². The Bertz CT molecular complexity index is 1040. The van der Waals surface area contributed by atoms with Crippen LogP contribution in [-0.4, -0.2) is 50.8 Å². The first-order chi connectivity index (χ1) is 14.4. The van der Waals surface area contributed by atoms with Crippen LogP contribution in [0.4, 0.5) is 11.4 Å². The van der Waals surface area contributed by atoms with E-state index in [9.17, 15) is 18.0 Å². The van der Waals surface area contributed by atoms with Crippen molar-refractivity contribution in [2.24, 2.45) is 5.92 Å². The molecule has 2 aromatic rings. The lowest BCUT2D eigenvalue weighted by atomic mass is 10.2. The van der Waals surface area contributed by atoms with Crippen molar-refractivity contribution < 1.29 is 22.7 Å². The van der Waals surface area contributed by atoms with Crippen molar-refractivity contribution in [2.45, 2.75) is 17.7 Å². The van der Waals surface area contributed by atoms with Gasteiger partial charge in [-0.2, -0.15) is 4.31 Å². The second kappa shape index (κ2) is 8.55. The molecule has 1 saturated heterocycles. The summed E-state index contributed by atoms with van der Waals surface area (Å²) in [6, 6.07) is 12.9. The van der Waals surface area contributed by atoms with Gasteiger partial charge < -0.3 is 15.4 Å². The highest BCUT2D eigenvalue weighted by Crippen LogP contribution is 2.30. The molecule has 1 aliphatic carbocycles. The van der Waals surface area contributed by atoms with Gasteiger partial charge in [0.2, 0.25) is 15.9 Å². The van der Waals surface area contributed by atoms with Gasteiger partial charge in [0.25, 0.3) is 5.91 Å². The van der Waals surface area contributed by atoms with Gasteiger partial charge in [-0.3, -0.25) is 9.59 Å². The van der Waals surface area contributed by atoms with Gasteiger partial charge in [0.05, 0.1) is 23.7 Å². The van der Waals surface area contributed by atoms with E-state index in [0.29, 0.717) is 24.6 Å². The molecule has 158 valence electrons. The van der Waals surface area contributed by atoms with Crippen LogP contribution >= 0.6 is 0 Å².